The molecular weight excluding hydrogens is 328 g/mol. The van der Waals surface area contributed by atoms with Crippen LogP contribution >= 0.6 is 0 Å². The van der Waals surface area contributed by atoms with Gasteiger partial charge in [-0.1, -0.05) is 5.16 Å². The maximum absolute atomic E-state index is 11.3. The average Bonchev–Trinajstić information content (AvgIpc) is 2.94. The van der Waals surface area contributed by atoms with E-state index in [-0.39, 0.29) is 30.2 Å². The van der Waals surface area contributed by atoms with Gasteiger partial charge in [0.25, 0.3) is 5.69 Å². The predicted octanol–water partition coefficient (Wildman–Crippen LogP) is 2.94. The van der Waals surface area contributed by atoms with E-state index in [0.29, 0.717) is 24.1 Å². The van der Waals surface area contributed by atoms with Crippen LogP contribution in [0.2, 0.25) is 0 Å². The minimum Gasteiger partial charge on any atom is -0.481 e. The molecule has 1 N–H and O–H groups in total. The van der Waals surface area contributed by atoms with Crippen LogP contribution in [0.15, 0.2) is 29.4 Å². The Morgan fingerprint density at radius 3 is 2.56 bits per heavy atom. The van der Waals surface area contributed by atoms with E-state index in [4.69, 9.17) is 9.94 Å². The van der Waals surface area contributed by atoms with E-state index in [9.17, 15) is 19.7 Å². The number of hydrogen-bond acceptors (Lipinski definition) is 6. The van der Waals surface area contributed by atoms with Crippen LogP contribution in [-0.2, 0) is 14.4 Å². The Kier molecular flexibility index (Phi) is 5.51. The number of hydrogen-bond donors (Lipinski definition) is 1. The van der Waals surface area contributed by atoms with E-state index in [1.165, 1.54) is 19.1 Å². The monoisotopic (exact) mass is 348 g/mol. The summed E-state index contributed by atoms with van der Waals surface area (Å²) in [7, 11) is 0. The summed E-state index contributed by atoms with van der Waals surface area (Å²) in [4.78, 5) is 38.2. The highest BCUT2D eigenvalue weighted by Crippen LogP contribution is 2.37. The summed E-state index contributed by atoms with van der Waals surface area (Å²) in [5.41, 5.74) is 0.451. The summed E-state index contributed by atoms with van der Waals surface area (Å²) in [6.45, 7) is 3.25. The molecule has 0 aromatic heterocycles. The molecular formula is C17H20N2O6. The number of aliphatic carboxylic acids is 1. The lowest BCUT2D eigenvalue weighted by Gasteiger charge is -2.30. The van der Waals surface area contributed by atoms with Crippen LogP contribution in [0, 0.1) is 16.0 Å². The average molecular weight is 348 g/mol. The van der Waals surface area contributed by atoms with Gasteiger partial charge in [0.1, 0.15) is 11.4 Å². The zero-order valence-electron chi connectivity index (χ0n) is 14.1. The molecule has 1 heterocycles. The molecule has 0 spiro atoms. The molecule has 2 atom stereocenters. The van der Waals surface area contributed by atoms with Crippen molar-refractivity contribution in [3.63, 3.8) is 0 Å². The van der Waals surface area contributed by atoms with Crippen LogP contribution in [-0.4, -0.2) is 33.1 Å². The second-order valence-corrected chi connectivity index (χ2v) is 6.46. The number of rotatable bonds is 8. The fourth-order valence-corrected chi connectivity index (χ4v) is 2.92. The topological polar surface area (TPSA) is 119 Å². The quantitative estimate of drug-likeness (QED) is 0.570. The van der Waals surface area contributed by atoms with Crippen LogP contribution in [0.4, 0.5) is 5.69 Å². The van der Waals surface area contributed by atoms with E-state index >= 15 is 0 Å². The van der Waals surface area contributed by atoms with Gasteiger partial charge in [-0.2, -0.15) is 0 Å². The number of carboxylic acids is 1. The molecule has 1 aliphatic rings. The van der Waals surface area contributed by atoms with Crippen molar-refractivity contribution in [2.45, 2.75) is 45.1 Å². The first-order valence-corrected chi connectivity index (χ1v) is 7.92. The highest BCUT2D eigenvalue weighted by Gasteiger charge is 2.43. The minimum atomic E-state index is -0.956. The van der Waals surface area contributed by atoms with Gasteiger partial charge in [0.15, 0.2) is 0 Å². The van der Waals surface area contributed by atoms with Crippen LogP contribution in [0.5, 0.6) is 0 Å². The van der Waals surface area contributed by atoms with E-state index in [0.717, 1.165) is 0 Å². The maximum Gasteiger partial charge on any atom is 0.303 e. The molecule has 0 fully saturated rings. The maximum atomic E-state index is 11.3. The van der Waals surface area contributed by atoms with Crippen molar-refractivity contribution in [3.8, 4) is 0 Å². The molecule has 0 saturated carbocycles. The molecule has 8 heteroatoms. The van der Waals surface area contributed by atoms with Gasteiger partial charge >= 0.3 is 5.97 Å². The molecule has 0 amide bonds. The number of carbonyl (C=O) groups excluding carboxylic acids is 1. The molecule has 0 aliphatic carbocycles. The third-order valence-corrected chi connectivity index (χ3v) is 4.42. The number of oxime groups is 1. The fourth-order valence-electron chi connectivity index (χ4n) is 2.92. The lowest BCUT2D eigenvalue weighted by molar-refractivity contribution is -0.384. The molecule has 25 heavy (non-hydrogen) atoms. The lowest BCUT2D eigenvalue weighted by atomic mass is 9.79. The number of nitro groups is 1. The first-order chi connectivity index (χ1) is 11.7. The van der Waals surface area contributed by atoms with E-state index < -0.39 is 16.5 Å². The highest BCUT2D eigenvalue weighted by atomic mass is 16.7. The number of benzene rings is 1. The Bertz CT molecular complexity index is 712. The van der Waals surface area contributed by atoms with E-state index in [1.807, 2.05) is 0 Å². The molecule has 8 nitrogen and oxygen atoms in total. The molecule has 1 aromatic carbocycles. The van der Waals surface area contributed by atoms with Crippen molar-refractivity contribution >= 4 is 23.2 Å². The number of ketones is 1. The van der Waals surface area contributed by atoms with E-state index in [1.54, 1.807) is 19.1 Å². The van der Waals surface area contributed by atoms with Crippen LogP contribution in [0.3, 0.4) is 0 Å². The Hall–Kier alpha value is -2.77. The van der Waals surface area contributed by atoms with Crippen molar-refractivity contribution in [2.75, 3.05) is 0 Å². The second kappa shape index (κ2) is 7.42. The van der Waals surface area contributed by atoms with Crippen LogP contribution < -0.4 is 0 Å². The fraction of sp³-hybridized carbons (Fsp3) is 0.471. The molecule has 0 bridgehead atoms. The van der Waals surface area contributed by atoms with Crippen molar-refractivity contribution in [1.29, 1.82) is 0 Å². The van der Waals surface area contributed by atoms with Crippen LogP contribution in [0.1, 0.15) is 45.1 Å². The van der Waals surface area contributed by atoms with Gasteiger partial charge in [0, 0.05) is 30.9 Å². The Morgan fingerprint density at radius 1 is 1.40 bits per heavy atom. The van der Waals surface area contributed by atoms with Crippen molar-refractivity contribution in [2.24, 2.45) is 11.1 Å². The zero-order valence-corrected chi connectivity index (χ0v) is 14.1. The first-order valence-electron chi connectivity index (χ1n) is 7.92. The molecule has 2 unspecified atom stereocenters. The number of carboxylic acid groups (broad SMARTS) is 1. The SMILES string of the molecule is CC(=O)CCC(CC(=O)O)C1(C)CC(c2ccc([N+](=O)[O-])cc2)=NO1. The summed E-state index contributed by atoms with van der Waals surface area (Å²) < 4.78 is 0. The summed E-state index contributed by atoms with van der Waals surface area (Å²) in [5, 5.41) is 23.9. The summed E-state index contributed by atoms with van der Waals surface area (Å²) in [6, 6.07) is 5.96. The van der Waals surface area contributed by atoms with Crippen molar-refractivity contribution in [1.82, 2.24) is 0 Å². The van der Waals surface area contributed by atoms with Gasteiger partial charge in [-0.3, -0.25) is 14.9 Å². The standard InChI is InChI=1S/C17H20N2O6/c1-11(20)3-6-13(9-16(21)22)17(2)10-15(18-25-17)12-4-7-14(8-5-12)19(23)24/h4-5,7-8,13H,3,6,9-10H2,1-2H3,(H,21,22). The number of nitro benzene ring substituents is 1. The van der Waals surface area contributed by atoms with E-state index in [2.05, 4.69) is 5.16 Å². The molecule has 0 saturated heterocycles. The normalized spacial score (nSPS) is 20.5. The van der Waals surface area contributed by atoms with Gasteiger partial charge in [0.05, 0.1) is 17.1 Å². The summed E-state index contributed by atoms with van der Waals surface area (Å²) >= 11 is 0. The molecule has 1 aromatic rings. The third-order valence-electron chi connectivity index (χ3n) is 4.42. The van der Waals surface area contributed by atoms with Gasteiger partial charge in [-0.25, -0.2) is 0 Å². The highest BCUT2D eigenvalue weighted by molar-refractivity contribution is 6.01. The van der Waals surface area contributed by atoms with Crippen molar-refractivity contribution < 1.29 is 24.5 Å². The zero-order chi connectivity index (χ0) is 18.6. The largest absolute Gasteiger partial charge is 0.481 e. The van der Waals surface area contributed by atoms with Crippen LogP contribution in [0.25, 0.3) is 0 Å². The number of nitrogens with zero attached hydrogens (tertiary/aromatic N) is 2. The van der Waals surface area contributed by atoms with Gasteiger partial charge in [-0.15, -0.1) is 0 Å². The first kappa shape index (κ1) is 18.6. The van der Waals surface area contributed by atoms with Gasteiger partial charge in [-0.05, 0) is 38.0 Å². The molecule has 1 aliphatic heterocycles. The summed E-state index contributed by atoms with van der Waals surface area (Å²) in [6.07, 6.45) is 0.943. The molecule has 2 rings (SSSR count). The number of non-ortho nitro benzene ring substituents is 1. The van der Waals surface area contributed by atoms with Gasteiger partial charge in [0.2, 0.25) is 0 Å². The van der Waals surface area contributed by atoms with Gasteiger partial charge < -0.3 is 14.7 Å². The Balaban J connectivity index is 2.13. The molecule has 0 radical (unpaired) electrons. The number of carbonyl (C=O) groups is 2. The number of Topliss-reactive ketones (excluding diaryl/α,β-unsaturated/α-hetero) is 1. The lowest BCUT2D eigenvalue weighted by Crippen LogP contribution is -2.37. The van der Waals surface area contributed by atoms with Crippen molar-refractivity contribution in [3.05, 3.63) is 39.9 Å². The molecule has 134 valence electrons. The second-order valence-electron chi connectivity index (χ2n) is 6.46. The smallest absolute Gasteiger partial charge is 0.303 e. The Morgan fingerprint density at radius 2 is 2.04 bits per heavy atom. The third kappa shape index (κ3) is 4.62. The minimum absolute atomic E-state index is 0.00602. The predicted molar refractivity (Wildman–Crippen MR) is 89.4 cm³/mol. The Labute approximate surface area is 144 Å². The summed E-state index contributed by atoms with van der Waals surface area (Å²) in [5.74, 6) is -1.33.